The molecular formula is C27H28F3N5O4. The number of ether oxygens (including phenoxy) is 1. The first-order valence-electron chi connectivity index (χ1n) is 12.2. The highest BCUT2D eigenvalue weighted by Crippen LogP contribution is 2.37. The first-order valence-corrected chi connectivity index (χ1v) is 12.2. The maximum atomic E-state index is 15.1. The Morgan fingerprint density at radius 1 is 1.10 bits per heavy atom. The molecule has 2 aromatic heterocycles. The highest BCUT2D eigenvalue weighted by molar-refractivity contribution is 6.03. The number of nitrogens with two attached hydrogens (primary N) is 1. The molecule has 12 heteroatoms. The van der Waals surface area contributed by atoms with Crippen molar-refractivity contribution in [1.82, 2.24) is 15.3 Å². The molecule has 0 radical (unpaired) electrons. The maximum absolute atomic E-state index is 15.1. The minimum atomic E-state index is -1.32. The molecule has 1 aromatic carbocycles. The van der Waals surface area contributed by atoms with Gasteiger partial charge in [-0.3, -0.25) is 14.6 Å². The number of anilines is 1. The second kappa shape index (κ2) is 11.5. The summed E-state index contributed by atoms with van der Waals surface area (Å²) in [6.07, 6.45) is 1.21. The third kappa shape index (κ3) is 5.63. The number of amides is 2. The van der Waals surface area contributed by atoms with Crippen molar-refractivity contribution in [3.8, 4) is 11.3 Å². The fourth-order valence-electron chi connectivity index (χ4n) is 4.51. The number of benzene rings is 1. The molecule has 9 nitrogen and oxygen atoms in total. The molecule has 1 fully saturated rings. The molecule has 5 N–H and O–H groups in total. The number of aliphatic hydroxyl groups excluding tert-OH is 1. The normalized spacial score (nSPS) is 21.1. The molecule has 3 heterocycles. The number of hydrogen-bond acceptors (Lipinski definition) is 7. The summed E-state index contributed by atoms with van der Waals surface area (Å²) in [7, 11) is 1.26. The Hall–Kier alpha value is -3.87. The van der Waals surface area contributed by atoms with E-state index in [-0.39, 0.29) is 23.7 Å². The lowest BCUT2D eigenvalue weighted by molar-refractivity contribution is -0.145. The first-order chi connectivity index (χ1) is 18.5. The van der Waals surface area contributed by atoms with Crippen LogP contribution in [0.1, 0.15) is 52.8 Å². The monoisotopic (exact) mass is 543 g/mol. The molecule has 1 aliphatic heterocycles. The van der Waals surface area contributed by atoms with Crippen LogP contribution in [-0.2, 0) is 4.74 Å². The molecule has 1 saturated heterocycles. The first kappa shape index (κ1) is 28.1. The van der Waals surface area contributed by atoms with E-state index in [9.17, 15) is 23.5 Å². The van der Waals surface area contributed by atoms with Gasteiger partial charge in [-0.1, -0.05) is 13.8 Å². The van der Waals surface area contributed by atoms with Crippen LogP contribution < -0.4 is 16.4 Å². The molecule has 39 heavy (non-hydrogen) atoms. The van der Waals surface area contributed by atoms with E-state index in [0.717, 1.165) is 24.3 Å². The van der Waals surface area contributed by atoms with Crippen LogP contribution >= 0.6 is 0 Å². The van der Waals surface area contributed by atoms with Gasteiger partial charge in [-0.05, 0) is 42.7 Å². The summed E-state index contributed by atoms with van der Waals surface area (Å²) in [5, 5.41) is 15.3. The van der Waals surface area contributed by atoms with Crippen molar-refractivity contribution in [2.75, 3.05) is 12.4 Å². The summed E-state index contributed by atoms with van der Waals surface area (Å²) >= 11 is 0. The molecule has 4 atom stereocenters. The second-order valence-electron chi connectivity index (χ2n) is 9.53. The van der Waals surface area contributed by atoms with E-state index in [1.54, 1.807) is 6.07 Å². The molecule has 1 aliphatic rings. The molecule has 0 saturated carbocycles. The van der Waals surface area contributed by atoms with E-state index in [1.807, 2.05) is 13.8 Å². The number of carbonyl (C=O) groups excluding carboxylic acids is 2. The van der Waals surface area contributed by atoms with Gasteiger partial charge in [0.1, 0.15) is 28.8 Å². The van der Waals surface area contributed by atoms with Crippen LogP contribution in [0.15, 0.2) is 42.7 Å². The molecule has 0 unspecified atom stereocenters. The van der Waals surface area contributed by atoms with Crippen molar-refractivity contribution < 1.29 is 32.6 Å². The Labute approximate surface area is 222 Å². The van der Waals surface area contributed by atoms with E-state index in [1.165, 1.54) is 19.4 Å². The molecule has 2 amide bonds. The molecule has 3 aromatic rings. The van der Waals surface area contributed by atoms with Crippen LogP contribution in [0.4, 0.5) is 18.9 Å². The van der Waals surface area contributed by atoms with Gasteiger partial charge in [0.25, 0.3) is 11.8 Å². The van der Waals surface area contributed by atoms with E-state index < -0.39 is 70.4 Å². The summed E-state index contributed by atoms with van der Waals surface area (Å²) in [6, 6.07) is 4.72. The maximum Gasteiger partial charge on any atom is 0.274 e. The van der Waals surface area contributed by atoms with E-state index in [2.05, 4.69) is 20.6 Å². The van der Waals surface area contributed by atoms with Crippen molar-refractivity contribution in [1.29, 1.82) is 0 Å². The summed E-state index contributed by atoms with van der Waals surface area (Å²) in [5.74, 6) is -5.26. The Morgan fingerprint density at radius 2 is 1.82 bits per heavy atom. The highest BCUT2D eigenvalue weighted by atomic mass is 19.1. The fraction of sp³-hybridized carbons (Fsp3) is 0.333. The minimum Gasteiger partial charge on any atom is -0.389 e. The van der Waals surface area contributed by atoms with Gasteiger partial charge in [0, 0.05) is 24.8 Å². The fourth-order valence-corrected chi connectivity index (χ4v) is 4.51. The Balaban J connectivity index is 1.66. The van der Waals surface area contributed by atoms with Crippen molar-refractivity contribution >= 4 is 17.5 Å². The van der Waals surface area contributed by atoms with Crippen LogP contribution in [0, 0.1) is 23.4 Å². The Kier molecular flexibility index (Phi) is 8.28. The lowest BCUT2D eigenvalue weighted by Crippen LogP contribution is -2.51. The van der Waals surface area contributed by atoms with Gasteiger partial charge in [0.15, 0.2) is 0 Å². The average Bonchev–Trinajstić information content (AvgIpc) is 2.91. The number of carbonyl (C=O) groups is 2. The van der Waals surface area contributed by atoms with Gasteiger partial charge < -0.3 is 26.2 Å². The SMILES string of the molecule is CNC(=O)c1ccc(F)c(-c2nc(C(=O)Nc3cnccc3[C@H]3C[C@@H](N)[C@H](O)[C@@H](C(C)C)O3)ccc2F)c1F. The number of nitrogens with zero attached hydrogens (tertiary/aromatic N) is 2. The predicted octanol–water partition coefficient (Wildman–Crippen LogP) is 3.35. The summed E-state index contributed by atoms with van der Waals surface area (Å²) in [5.41, 5.74) is 4.45. The largest absolute Gasteiger partial charge is 0.389 e. The zero-order valence-electron chi connectivity index (χ0n) is 21.4. The Morgan fingerprint density at radius 3 is 2.51 bits per heavy atom. The van der Waals surface area contributed by atoms with Crippen LogP contribution in [0.25, 0.3) is 11.3 Å². The van der Waals surface area contributed by atoms with Crippen molar-refractivity contribution in [3.05, 3.63) is 77.0 Å². The smallest absolute Gasteiger partial charge is 0.274 e. The number of halogens is 3. The number of aliphatic hydroxyl groups is 1. The average molecular weight is 544 g/mol. The Bertz CT molecular complexity index is 1400. The number of aromatic nitrogens is 2. The van der Waals surface area contributed by atoms with Gasteiger partial charge in [-0.15, -0.1) is 0 Å². The molecule has 4 rings (SSSR count). The van der Waals surface area contributed by atoms with Gasteiger partial charge in [-0.25, -0.2) is 18.2 Å². The number of pyridine rings is 2. The quantitative estimate of drug-likeness (QED) is 0.374. The standard InChI is InChI=1S/C27H28F3N5O4/c1-12(2)25-24(36)17(31)10-20(39-25)13-8-9-33-11-19(13)35-27(38)18-7-6-16(29)23(34-18)21-15(28)5-4-14(22(21)30)26(37)32-3/h4-9,11-12,17,20,24-25,36H,10,31H2,1-3H3,(H,32,37)(H,35,38)/t17-,20-,24+,25-/m1/s1. The van der Waals surface area contributed by atoms with Crippen LogP contribution in [0.3, 0.4) is 0 Å². The lowest BCUT2D eigenvalue weighted by Gasteiger charge is -2.40. The highest BCUT2D eigenvalue weighted by Gasteiger charge is 2.38. The van der Waals surface area contributed by atoms with Gasteiger partial charge in [0.05, 0.1) is 41.3 Å². The summed E-state index contributed by atoms with van der Waals surface area (Å²) in [4.78, 5) is 33.0. The van der Waals surface area contributed by atoms with Crippen LogP contribution in [0.5, 0.6) is 0 Å². The van der Waals surface area contributed by atoms with Crippen molar-refractivity contribution in [2.45, 2.75) is 44.6 Å². The number of rotatable bonds is 6. The zero-order valence-corrected chi connectivity index (χ0v) is 21.4. The van der Waals surface area contributed by atoms with Gasteiger partial charge in [-0.2, -0.15) is 0 Å². The van der Waals surface area contributed by atoms with E-state index >= 15 is 4.39 Å². The topological polar surface area (TPSA) is 139 Å². The minimum absolute atomic E-state index is 0.0294. The lowest BCUT2D eigenvalue weighted by atomic mass is 9.88. The number of nitrogens with one attached hydrogen (secondary N) is 2. The molecule has 0 aliphatic carbocycles. The van der Waals surface area contributed by atoms with Crippen LogP contribution in [-0.4, -0.2) is 52.2 Å². The van der Waals surface area contributed by atoms with Crippen molar-refractivity contribution in [3.63, 3.8) is 0 Å². The van der Waals surface area contributed by atoms with Crippen molar-refractivity contribution in [2.24, 2.45) is 11.7 Å². The van der Waals surface area contributed by atoms with Gasteiger partial charge in [0.2, 0.25) is 0 Å². The second-order valence-corrected chi connectivity index (χ2v) is 9.53. The molecule has 206 valence electrons. The summed E-state index contributed by atoms with van der Waals surface area (Å²) in [6.45, 7) is 3.79. The molecular weight excluding hydrogens is 515 g/mol. The third-order valence-electron chi connectivity index (χ3n) is 6.57. The zero-order chi connectivity index (χ0) is 28.4. The van der Waals surface area contributed by atoms with Gasteiger partial charge >= 0.3 is 0 Å². The number of hydrogen-bond donors (Lipinski definition) is 4. The summed E-state index contributed by atoms with van der Waals surface area (Å²) < 4.78 is 50.5. The molecule has 0 spiro atoms. The third-order valence-corrected chi connectivity index (χ3v) is 6.57. The van der Waals surface area contributed by atoms with E-state index in [4.69, 9.17) is 10.5 Å². The predicted molar refractivity (Wildman–Crippen MR) is 136 cm³/mol. The van der Waals surface area contributed by atoms with E-state index in [0.29, 0.717) is 5.56 Å². The molecule has 0 bridgehead atoms. The van der Waals surface area contributed by atoms with Crippen LogP contribution in [0.2, 0.25) is 0 Å².